The Hall–Kier alpha value is -2.91. The quantitative estimate of drug-likeness (QED) is 0.133. The van der Waals surface area contributed by atoms with Gasteiger partial charge < -0.3 is 9.67 Å². The summed E-state index contributed by atoms with van der Waals surface area (Å²) in [6, 6.07) is 26.9. The van der Waals surface area contributed by atoms with Crippen molar-refractivity contribution in [3.8, 4) is 22.6 Å². The number of ketones is 1. The van der Waals surface area contributed by atoms with E-state index in [4.69, 9.17) is 0 Å². The molecule has 0 saturated heterocycles. The Morgan fingerprint density at radius 3 is 1.66 bits per heavy atom. The minimum atomic E-state index is -5.33. The van der Waals surface area contributed by atoms with E-state index in [1.807, 2.05) is 54.6 Å². The van der Waals surface area contributed by atoms with Crippen LogP contribution in [0.1, 0.15) is 107 Å². The standard InChI is InChI=1S/C29H16F3NO3S.C18H33OP.Tb/c30-29(31,32)27(35)23-25(34)21-15-14-20-19-8-4-5-9-22(19)37-26(20)24(21)33(28(23)36)18-12-10-17(11-13-18)16-6-2-1-3-7-16;19-20(16-10-4-1-5-11-16,17-12-6-2-7-13-17)18-14-8-3-9-15-18;/h1-15,34H;16-18H,1-15H2;. The van der Waals surface area contributed by atoms with Gasteiger partial charge in [0.25, 0.3) is 11.3 Å². The number of Topliss-reactive ketones (excluding diaryl/α,β-unsaturated/α-hetero) is 1. The van der Waals surface area contributed by atoms with Crippen LogP contribution in [0.2, 0.25) is 0 Å². The molecular formula is C47H49F3NO4PSTb. The zero-order valence-corrected chi connectivity index (χ0v) is 36.3. The van der Waals surface area contributed by atoms with E-state index < -0.39 is 36.0 Å². The van der Waals surface area contributed by atoms with Crippen molar-refractivity contribution in [3.05, 3.63) is 107 Å². The van der Waals surface area contributed by atoms with E-state index >= 15 is 0 Å². The van der Waals surface area contributed by atoms with Crippen LogP contribution in [0.4, 0.5) is 13.2 Å². The zero-order valence-electron chi connectivity index (χ0n) is 32.4. The van der Waals surface area contributed by atoms with Crippen molar-refractivity contribution in [1.82, 2.24) is 4.57 Å². The van der Waals surface area contributed by atoms with Crippen molar-refractivity contribution < 1.29 is 66.2 Å². The first-order valence-corrected chi connectivity index (χ1v) is 23.4. The third-order valence-corrected chi connectivity index (χ3v) is 19.0. The fourth-order valence-corrected chi connectivity index (χ4v) is 16.6. The third-order valence-electron chi connectivity index (χ3n) is 12.8. The number of hydrogen-bond donors (Lipinski definition) is 1. The van der Waals surface area contributed by atoms with Gasteiger partial charge in [-0.05, 0) is 73.9 Å². The van der Waals surface area contributed by atoms with Gasteiger partial charge in [0.05, 0.1) is 17.4 Å². The average molecular weight is 971 g/mol. The maximum absolute atomic E-state index is 14.3. The minimum absolute atomic E-state index is 0. The average Bonchev–Trinajstić information content (AvgIpc) is 3.64. The number of fused-ring (bicyclic) bond motifs is 5. The second-order valence-corrected chi connectivity index (χ2v) is 20.9. The van der Waals surface area contributed by atoms with Crippen molar-refractivity contribution in [2.24, 2.45) is 0 Å². The number of halogens is 3. The number of pyridine rings is 1. The van der Waals surface area contributed by atoms with E-state index in [-0.39, 0.29) is 55.2 Å². The monoisotopic (exact) mass is 970 g/mol. The second kappa shape index (κ2) is 18.4. The molecule has 4 aromatic carbocycles. The number of nitrogens with zero attached hydrogens (tertiary/aromatic N) is 1. The molecule has 6 aromatic rings. The Morgan fingerprint density at radius 1 is 0.638 bits per heavy atom. The van der Waals surface area contributed by atoms with Crippen LogP contribution in [-0.2, 0) is 4.57 Å². The molecule has 11 heteroatoms. The molecule has 3 fully saturated rings. The predicted molar refractivity (Wildman–Crippen MR) is 228 cm³/mol. The van der Waals surface area contributed by atoms with Crippen molar-refractivity contribution in [2.45, 2.75) is 119 Å². The molecule has 0 aliphatic heterocycles. The molecule has 0 bridgehead atoms. The molecule has 58 heavy (non-hydrogen) atoms. The van der Waals surface area contributed by atoms with E-state index in [1.54, 1.807) is 30.3 Å². The SMILES string of the molecule is O=C(c1c(O)c2ccc3c4ccccc4sc3c2n(-c2ccc(-c3ccccc3)cc2)c1=O)C(F)(F)F.O=P(C1CCCCC1)(C1CCCCC1)C1CCCCC1.[Tb]. The Kier molecular flexibility index (Phi) is 13.7. The van der Waals surface area contributed by atoms with Crippen LogP contribution in [0.5, 0.6) is 5.75 Å². The fourth-order valence-electron chi connectivity index (χ4n) is 10.0. The first kappa shape index (κ1) is 43.2. The number of thiophene rings is 1. The summed E-state index contributed by atoms with van der Waals surface area (Å²) in [6.45, 7) is 0. The number of aromatic nitrogens is 1. The Bertz CT molecular complexity index is 2450. The van der Waals surface area contributed by atoms with Gasteiger partial charge in [-0.25, -0.2) is 0 Å². The van der Waals surface area contributed by atoms with Gasteiger partial charge in [0.2, 0.25) is 0 Å². The zero-order chi connectivity index (χ0) is 39.7. The van der Waals surface area contributed by atoms with Crippen molar-refractivity contribution in [2.75, 3.05) is 0 Å². The summed E-state index contributed by atoms with van der Waals surface area (Å²) in [6.07, 6.45) is 14.8. The van der Waals surface area contributed by atoms with Gasteiger partial charge in [-0.1, -0.05) is 125 Å². The maximum Gasteiger partial charge on any atom is 0.455 e. The summed E-state index contributed by atoms with van der Waals surface area (Å²) in [5, 5.41) is 12.5. The molecule has 2 heterocycles. The summed E-state index contributed by atoms with van der Waals surface area (Å²) in [5.41, 5.74) is 1.64. The van der Waals surface area contributed by atoms with Crippen molar-refractivity contribution >= 4 is 55.3 Å². The maximum atomic E-state index is 14.3. The van der Waals surface area contributed by atoms with Crippen LogP contribution in [0.25, 0.3) is 47.9 Å². The molecule has 3 aliphatic rings. The summed E-state index contributed by atoms with van der Waals surface area (Å²) >= 11 is 1.36. The van der Waals surface area contributed by atoms with Gasteiger partial charge >= 0.3 is 6.18 Å². The number of carbonyl (C=O) groups is 1. The fraction of sp³-hybridized carbons (Fsp3) is 0.404. The molecule has 0 amide bonds. The van der Waals surface area contributed by atoms with E-state index in [0.717, 1.165) is 31.2 Å². The van der Waals surface area contributed by atoms with Crippen LogP contribution in [-0.4, -0.2) is 38.6 Å². The number of hydrogen-bond acceptors (Lipinski definition) is 5. The van der Waals surface area contributed by atoms with E-state index in [1.165, 1.54) is 114 Å². The molecule has 9 rings (SSSR count). The molecule has 0 unspecified atom stereocenters. The molecule has 1 N–H and O–H groups in total. The molecule has 5 nitrogen and oxygen atoms in total. The number of aromatic hydroxyl groups is 1. The third kappa shape index (κ3) is 8.38. The summed E-state index contributed by atoms with van der Waals surface area (Å²) in [7, 11) is -1.95. The summed E-state index contributed by atoms with van der Waals surface area (Å²) in [4.78, 5) is 25.9. The second-order valence-electron chi connectivity index (χ2n) is 16.2. The molecule has 3 saturated carbocycles. The topological polar surface area (TPSA) is 76.4 Å². The number of carbonyl (C=O) groups excluding carboxylic acids is 1. The normalized spacial score (nSPS) is 17.5. The van der Waals surface area contributed by atoms with Crippen LogP contribution in [0.3, 0.4) is 0 Å². The van der Waals surface area contributed by atoms with Crippen LogP contribution in [0.15, 0.2) is 95.8 Å². The van der Waals surface area contributed by atoms with Gasteiger partial charge in [0.15, 0.2) is 0 Å². The first-order valence-electron chi connectivity index (χ1n) is 20.7. The Balaban J connectivity index is 0.000000206. The largest absolute Gasteiger partial charge is 0.506 e. The molecule has 1 radical (unpaired) electrons. The van der Waals surface area contributed by atoms with Gasteiger partial charge in [0, 0.05) is 82.1 Å². The van der Waals surface area contributed by atoms with Crippen LogP contribution in [0, 0.1) is 38.6 Å². The van der Waals surface area contributed by atoms with Crippen LogP contribution >= 0.6 is 18.5 Å². The van der Waals surface area contributed by atoms with Gasteiger partial charge in [-0.2, -0.15) is 13.2 Å². The van der Waals surface area contributed by atoms with Crippen molar-refractivity contribution in [3.63, 3.8) is 0 Å². The smallest absolute Gasteiger partial charge is 0.455 e. The number of benzene rings is 4. The number of alkyl halides is 3. The van der Waals surface area contributed by atoms with E-state index in [2.05, 4.69) is 0 Å². The number of rotatable bonds is 6. The first-order chi connectivity index (χ1) is 27.6. The Labute approximate surface area is 372 Å². The predicted octanol–water partition coefficient (Wildman–Crippen LogP) is 13.8. The van der Waals surface area contributed by atoms with Crippen LogP contribution < -0.4 is 5.56 Å². The van der Waals surface area contributed by atoms with Gasteiger partial charge in [-0.15, -0.1) is 11.3 Å². The molecule has 0 atom stereocenters. The molecule has 0 spiro atoms. The Morgan fingerprint density at radius 2 is 1.12 bits per heavy atom. The van der Waals surface area contributed by atoms with E-state index in [9.17, 15) is 32.4 Å². The summed E-state index contributed by atoms with van der Waals surface area (Å²) in [5.74, 6) is -3.36. The van der Waals surface area contributed by atoms with Gasteiger partial charge in [0.1, 0.15) is 11.3 Å². The minimum Gasteiger partial charge on any atom is -0.506 e. The van der Waals surface area contributed by atoms with Crippen molar-refractivity contribution in [1.29, 1.82) is 0 Å². The molecule has 3 aliphatic carbocycles. The molecular weight excluding hydrogens is 921 g/mol. The van der Waals surface area contributed by atoms with Gasteiger partial charge in [-0.3, -0.25) is 14.2 Å². The summed E-state index contributed by atoms with van der Waals surface area (Å²) < 4.78 is 57.3. The molecule has 307 valence electrons. The van der Waals surface area contributed by atoms with E-state index in [0.29, 0.717) is 21.7 Å². The molecule has 2 aromatic heterocycles.